The van der Waals surface area contributed by atoms with Crippen LogP contribution in [-0.4, -0.2) is 27.1 Å². The number of benzene rings is 1. The summed E-state index contributed by atoms with van der Waals surface area (Å²) in [6.07, 6.45) is 0. The quantitative estimate of drug-likeness (QED) is 0.349. The minimum Gasteiger partial charge on any atom is -0.504 e. The summed E-state index contributed by atoms with van der Waals surface area (Å²) in [5, 5.41) is 26.1. The van der Waals surface area contributed by atoms with Gasteiger partial charge in [0.2, 0.25) is 0 Å². The molecule has 0 fully saturated rings. The molecule has 0 bridgehead atoms. The molecule has 0 spiro atoms. The predicted octanol–water partition coefficient (Wildman–Crippen LogP) is 0.365. The number of Topliss-reactive ketones (excluding diaryl/α,β-unsaturated/α-hetero) is 1. The molecule has 0 aliphatic carbocycles. The second-order valence-electron chi connectivity index (χ2n) is 2.34. The zero-order valence-electron chi connectivity index (χ0n) is 6.39. The number of hydrogen-bond donors (Lipinski definition) is 3. The van der Waals surface area contributed by atoms with E-state index in [1.54, 1.807) is 0 Å². The molecule has 1 rings (SSSR count). The number of aliphatic carboxylic acids is 1. The van der Waals surface area contributed by atoms with E-state index in [9.17, 15) is 9.59 Å². The first-order valence-corrected chi connectivity index (χ1v) is 3.32. The number of carbonyl (C=O) groups is 2. The van der Waals surface area contributed by atoms with Crippen LogP contribution in [0.25, 0.3) is 0 Å². The Labute approximate surface area is 72.9 Å². The van der Waals surface area contributed by atoms with E-state index < -0.39 is 23.3 Å². The van der Waals surface area contributed by atoms with Gasteiger partial charge in [0, 0.05) is 5.56 Å². The molecule has 1 aromatic rings. The van der Waals surface area contributed by atoms with E-state index in [0.29, 0.717) is 0 Å². The average molecular weight is 182 g/mol. The van der Waals surface area contributed by atoms with Crippen molar-refractivity contribution >= 4 is 11.8 Å². The molecule has 5 heteroatoms. The van der Waals surface area contributed by atoms with Crippen molar-refractivity contribution in [2.45, 2.75) is 0 Å². The zero-order valence-corrected chi connectivity index (χ0v) is 6.39. The maximum Gasteiger partial charge on any atom is 0.377 e. The van der Waals surface area contributed by atoms with Crippen molar-refractivity contribution in [1.29, 1.82) is 0 Å². The zero-order chi connectivity index (χ0) is 10.0. The second kappa shape index (κ2) is 3.14. The van der Waals surface area contributed by atoms with Gasteiger partial charge in [-0.05, 0) is 18.2 Å². The Morgan fingerprint density at radius 2 is 1.69 bits per heavy atom. The van der Waals surface area contributed by atoms with Crippen molar-refractivity contribution in [1.82, 2.24) is 0 Å². The highest BCUT2D eigenvalue weighted by Crippen LogP contribution is 2.24. The van der Waals surface area contributed by atoms with E-state index in [1.165, 1.54) is 0 Å². The van der Waals surface area contributed by atoms with Crippen LogP contribution in [0, 0.1) is 0 Å². The number of ketones is 1. The summed E-state index contributed by atoms with van der Waals surface area (Å²) in [5.41, 5.74) is -0.178. The Morgan fingerprint density at radius 1 is 1.08 bits per heavy atom. The number of carboxylic acid groups (broad SMARTS) is 1. The largest absolute Gasteiger partial charge is 0.504 e. The second-order valence-corrected chi connectivity index (χ2v) is 2.34. The van der Waals surface area contributed by atoms with Crippen LogP contribution in [0.15, 0.2) is 18.2 Å². The van der Waals surface area contributed by atoms with Gasteiger partial charge in [0.25, 0.3) is 5.78 Å². The number of carbonyl (C=O) groups excluding carboxylic acids is 1. The summed E-state index contributed by atoms with van der Waals surface area (Å²) in [6.45, 7) is 0. The van der Waals surface area contributed by atoms with Crippen LogP contribution >= 0.6 is 0 Å². The van der Waals surface area contributed by atoms with Crippen LogP contribution in [-0.2, 0) is 4.79 Å². The fourth-order valence-corrected chi connectivity index (χ4v) is 0.788. The molecule has 0 amide bonds. The molecule has 68 valence electrons. The van der Waals surface area contributed by atoms with Crippen LogP contribution in [0.2, 0.25) is 0 Å². The Kier molecular flexibility index (Phi) is 2.19. The van der Waals surface area contributed by atoms with Crippen molar-refractivity contribution in [3.63, 3.8) is 0 Å². The van der Waals surface area contributed by atoms with E-state index >= 15 is 0 Å². The van der Waals surface area contributed by atoms with E-state index in [-0.39, 0.29) is 5.56 Å². The Morgan fingerprint density at radius 3 is 2.15 bits per heavy atom. The normalized spacial score (nSPS) is 9.54. The van der Waals surface area contributed by atoms with Crippen LogP contribution in [0.5, 0.6) is 11.5 Å². The highest BCUT2D eigenvalue weighted by Gasteiger charge is 2.15. The van der Waals surface area contributed by atoms with Gasteiger partial charge in [-0.2, -0.15) is 0 Å². The standard InChI is InChI=1S/C8H6O5/c9-5-2-1-4(3-6(5)10)7(11)8(12)13/h1-3,9-10H,(H,12,13). The lowest BCUT2D eigenvalue weighted by molar-refractivity contribution is -0.131. The molecule has 0 saturated heterocycles. The molecule has 13 heavy (non-hydrogen) atoms. The highest BCUT2D eigenvalue weighted by atomic mass is 16.4. The molecule has 0 aromatic heterocycles. The van der Waals surface area contributed by atoms with Gasteiger partial charge in [0.1, 0.15) is 0 Å². The SMILES string of the molecule is O=C(O)C(=O)c1ccc(O)c(O)c1. The number of aromatic hydroxyl groups is 2. The van der Waals surface area contributed by atoms with E-state index in [0.717, 1.165) is 18.2 Å². The van der Waals surface area contributed by atoms with E-state index in [2.05, 4.69) is 0 Å². The van der Waals surface area contributed by atoms with E-state index in [4.69, 9.17) is 15.3 Å². The van der Waals surface area contributed by atoms with Crippen molar-refractivity contribution in [3.8, 4) is 11.5 Å². The molecular formula is C8H6O5. The summed E-state index contributed by atoms with van der Waals surface area (Å²) in [6, 6.07) is 3.06. The smallest absolute Gasteiger partial charge is 0.377 e. The minimum atomic E-state index is -1.61. The number of hydrogen-bond acceptors (Lipinski definition) is 4. The lowest BCUT2D eigenvalue weighted by atomic mass is 10.1. The maximum atomic E-state index is 10.8. The van der Waals surface area contributed by atoms with Crippen molar-refractivity contribution < 1.29 is 24.9 Å². The van der Waals surface area contributed by atoms with Crippen molar-refractivity contribution in [2.24, 2.45) is 0 Å². The number of phenolic OH excluding ortho intramolecular Hbond substituents is 2. The first-order chi connectivity index (χ1) is 6.02. The van der Waals surface area contributed by atoms with Gasteiger partial charge in [-0.15, -0.1) is 0 Å². The molecular weight excluding hydrogens is 176 g/mol. The highest BCUT2D eigenvalue weighted by molar-refractivity contribution is 6.39. The summed E-state index contributed by atoms with van der Waals surface area (Å²) in [5.74, 6) is -3.66. The lowest BCUT2D eigenvalue weighted by Crippen LogP contribution is -2.12. The molecule has 0 aliphatic heterocycles. The summed E-state index contributed by atoms with van der Waals surface area (Å²) in [7, 11) is 0. The molecule has 5 nitrogen and oxygen atoms in total. The van der Waals surface area contributed by atoms with Gasteiger partial charge in [-0.25, -0.2) is 4.79 Å². The molecule has 0 unspecified atom stereocenters. The van der Waals surface area contributed by atoms with Gasteiger partial charge < -0.3 is 15.3 Å². The van der Waals surface area contributed by atoms with Crippen LogP contribution in [0.4, 0.5) is 0 Å². The Balaban J connectivity index is 3.11. The summed E-state index contributed by atoms with van der Waals surface area (Å²) in [4.78, 5) is 21.0. The molecule has 0 atom stereocenters. The topological polar surface area (TPSA) is 94.8 Å². The number of phenols is 2. The molecule has 0 saturated carbocycles. The molecule has 3 N–H and O–H groups in total. The number of rotatable bonds is 2. The third-order valence-corrected chi connectivity index (χ3v) is 1.43. The van der Waals surface area contributed by atoms with Gasteiger partial charge >= 0.3 is 5.97 Å². The van der Waals surface area contributed by atoms with Crippen LogP contribution in [0.1, 0.15) is 10.4 Å². The first-order valence-electron chi connectivity index (χ1n) is 3.32. The van der Waals surface area contributed by atoms with Crippen LogP contribution in [0.3, 0.4) is 0 Å². The van der Waals surface area contributed by atoms with Crippen molar-refractivity contribution in [3.05, 3.63) is 23.8 Å². The maximum absolute atomic E-state index is 10.8. The fraction of sp³-hybridized carbons (Fsp3) is 0. The van der Waals surface area contributed by atoms with Crippen LogP contribution < -0.4 is 0 Å². The monoisotopic (exact) mass is 182 g/mol. The third-order valence-electron chi connectivity index (χ3n) is 1.43. The summed E-state index contributed by atoms with van der Waals surface area (Å²) >= 11 is 0. The van der Waals surface area contributed by atoms with Gasteiger partial charge in [0.15, 0.2) is 11.5 Å². The van der Waals surface area contributed by atoms with E-state index in [1.807, 2.05) is 0 Å². The predicted molar refractivity (Wildman–Crippen MR) is 41.7 cm³/mol. The Hall–Kier alpha value is -2.04. The van der Waals surface area contributed by atoms with Gasteiger partial charge in [0.05, 0.1) is 0 Å². The third kappa shape index (κ3) is 1.76. The average Bonchev–Trinajstić information content (AvgIpc) is 2.08. The van der Waals surface area contributed by atoms with Crippen molar-refractivity contribution in [2.75, 3.05) is 0 Å². The van der Waals surface area contributed by atoms with Gasteiger partial charge in [-0.1, -0.05) is 0 Å². The Bertz CT molecular complexity index is 369. The molecule has 1 aromatic carbocycles. The molecule has 0 heterocycles. The first kappa shape index (κ1) is 9.05. The molecule has 0 radical (unpaired) electrons. The molecule has 0 aliphatic rings. The van der Waals surface area contributed by atoms with Gasteiger partial charge in [-0.3, -0.25) is 4.79 Å². The minimum absolute atomic E-state index is 0.178. The summed E-state index contributed by atoms with van der Waals surface area (Å²) < 4.78 is 0. The lowest BCUT2D eigenvalue weighted by Gasteiger charge is -1.98. The number of carboxylic acids is 1. The fourth-order valence-electron chi connectivity index (χ4n) is 0.788.